The zero-order valence-corrected chi connectivity index (χ0v) is 12.4. The summed E-state index contributed by atoms with van der Waals surface area (Å²) < 4.78 is 10.4. The van der Waals surface area contributed by atoms with Crippen LogP contribution in [0.2, 0.25) is 0 Å². The number of methoxy groups -OCH3 is 1. The monoisotopic (exact) mass is 310 g/mol. The smallest absolute Gasteiger partial charge is 0.234 e. The minimum absolute atomic E-state index is 0.000966. The molecule has 0 saturated heterocycles. The lowest BCUT2D eigenvalue weighted by molar-refractivity contribution is 0.201. The van der Waals surface area contributed by atoms with E-state index in [-0.39, 0.29) is 36.0 Å². The molecule has 0 fully saturated rings. The van der Waals surface area contributed by atoms with Gasteiger partial charge in [0, 0.05) is 5.56 Å². The molecule has 23 heavy (non-hydrogen) atoms. The van der Waals surface area contributed by atoms with Crippen LogP contribution >= 0.6 is 0 Å². The van der Waals surface area contributed by atoms with Gasteiger partial charge in [-0.05, 0) is 17.7 Å². The lowest BCUT2D eigenvalue weighted by Crippen LogP contribution is -2.04. The number of aliphatic hydroxyl groups is 1. The SMILES string of the molecule is COc1nc(N)c(C#N)c(-c2ccc(OCCO)cc2)c1C#N. The van der Waals surface area contributed by atoms with E-state index in [0.29, 0.717) is 16.9 Å². The molecular weight excluding hydrogens is 296 g/mol. The summed E-state index contributed by atoms with van der Waals surface area (Å²) in [5.41, 5.74) is 7.03. The van der Waals surface area contributed by atoms with Gasteiger partial charge in [-0.15, -0.1) is 0 Å². The lowest BCUT2D eigenvalue weighted by Gasteiger charge is -2.12. The Morgan fingerprint density at radius 1 is 1.17 bits per heavy atom. The first-order chi connectivity index (χ1) is 11.2. The van der Waals surface area contributed by atoms with E-state index in [9.17, 15) is 10.5 Å². The van der Waals surface area contributed by atoms with Gasteiger partial charge < -0.3 is 20.3 Å². The highest BCUT2D eigenvalue weighted by Crippen LogP contribution is 2.35. The molecule has 0 amide bonds. The van der Waals surface area contributed by atoms with Crippen molar-refractivity contribution in [3.8, 4) is 34.9 Å². The number of pyridine rings is 1. The molecule has 7 heteroatoms. The average molecular weight is 310 g/mol. The topological polar surface area (TPSA) is 125 Å². The molecule has 7 nitrogen and oxygen atoms in total. The number of nitrogen functional groups attached to an aromatic ring is 1. The fourth-order valence-electron chi connectivity index (χ4n) is 2.12. The maximum atomic E-state index is 9.40. The van der Waals surface area contributed by atoms with E-state index in [1.807, 2.05) is 12.1 Å². The van der Waals surface area contributed by atoms with Crippen molar-refractivity contribution in [3.63, 3.8) is 0 Å². The highest BCUT2D eigenvalue weighted by Gasteiger charge is 2.20. The molecule has 116 valence electrons. The molecule has 1 heterocycles. The van der Waals surface area contributed by atoms with Crippen LogP contribution in [0.3, 0.4) is 0 Å². The number of nitrogens with two attached hydrogens (primary N) is 1. The predicted octanol–water partition coefficient (Wildman–Crippen LogP) is 1.45. The summed E-state index contributed by atoms with van der Waals surface area (Å²) in [5.74, 6) is 0.632. The van der Waals surface area contributed by atoms with Gasteiger partial charge in [0.2, 0.25) is 5.88 Å². The fourth-order valence-corrected chi connectivity index (χ4v) is 2.12. The average Bonchev–Trinajstić information content (AvgIpc) is 2.59. The van der Waals surface area contributed by atoms with E-state index in [1.54, 1.807) is 24.3 Å². The summed E-state index contributed by atoms with van der Waals surface area (Å²) >= 11 is 0. The minimum Gasteiger partial charge on any atom is -0.491 e. The van der Waals surface area contributed by atoms with E-state index in [0.717, 1.165) is 0 Å². The van der Waals surface area contributed by atoms with Crippen molar-refractivity contribution in [1.29, 1.82) is 10.5 Å². The molecule has 1 aromatic carbocycles. The minimum atomic E-state index is -0.0863. The Hall–Kier alpha value is -3.29. The number of aromatic nitrogens is 1. The summed E-state index contributed by atoms with van der Waals surface area (Å²) in [4.78, 5) is 3.94. The second-order valence-electron chi connectivity index (χ2n) is 4.45. The zero-order valence-electron chi connectivity index (χ0n) is 12.4. The van der Waals surface area contributed by atoms with Gasteiger partial charge in [-0.25, -0.2) is 0 Å². The number of nitriles is 2. The van der Waals surface area contributed by atoms with Gasteiger partial charge in [0.05, 0.1) is 13.7 Å². The van der Waals surface area contributed by atoms with Crippen LogP contribution in [0.15, 0.2) is 24.3 Å². The molecule has 0 atom stereocenters. The summed E-state index contributed by atoms with van der Waals surface area (Å²) in [7, 11) is 1.38. The Kier molecular flexibility index (Phi) is 4.98. The second kappa shape index (κ2) is 7.12. The van der Waals surface area contributed by atoms with Crippen LogP contribution in [-0.4, -0.2) is 30.4 Å². The van der Waals surface area contributed by atoms with Gasteiger partial charge in [0.1, 0.15) is 41.4 Å². The summed E-state index contributed by atoms with van der Waals surface area (Å²) in [6.45, 7) is 0.0965. The summed E-state index contributed by atoms with van der Waals surface area (Å²) in [6.07, 6.45) is 0. The zero-order chi connectivity index (χ0) is 16.8. The number of ether oxygens (including phenoxy) is 2. The molecule has 3 N–H and O–H groups in total. The fraction of sp³-hybridized carbons (Fsp3) is 0.188. The largest absolute Gasteiger partial charge is 0.491 e. The number of nitrogens with zero attached hydrogens (tertiary/aromatic N) is 3. The number of hydrogen-bond acceptors (Lipinski definition) is 7. The summed E-state index contributed by atoms with van der Waals surface area (Å²) in [5, 5.41) is 27.5. The first-order valence-corrected chi connectivity index (χ1v) is 6.68. The Bertz CT molecular complexity index is 789. The number of anilines is 1. The molecule has 2 rings (SSSR count). The third-order valence-corrected chi connectivity index (χ3v) is 3.11. The van der Waals surface area contributed by atoms with E-state index in [1.165, 1.54) is 7.11 Å². The number of benzene rings is 1. The molecule has 0 saturated carbocycles. The van der Waals surface area contributed by atoms with E-state index >= 15 is 0 Å². The Morgan fingerprint density at radius 3 is 2.35 bits per heavy atom. The van der Waals surface area contributed by atoms with Crippen LogP contribution < -0.4 is 15.2 Å². The van der Waals surface area contributed by atoms with Gasteiger partial charge in [0.15, 0.2) is 0 Å². The van der Waals surface area contributed by atoms with Gasteiger partial charge in [0.25, 0.3) is 0 Å². The van der Waals surface area contributed by atoms with Gasteiger partial charge in [-0.1, -0.05) is 12.1 Å². The molecule has 0 unspecified atom stereocenters. The van der Waals surface area contributed by atoms with Crippen molar-refractivity contribution in [2.45, 2.75) is 0 Å². The normalized spacial score (nSPS) is 9.74. The Labute approximate surface area is 133 Å². The summed E-state index contributed by atoms with van der Waals surface area (Å²) in [6, 6.07) is 10.7. The van der Waals surface area contributed by atoms with Crippen LogP contribution in [0.4, 0.5) is 5.82 Å². The van der Waals surface area contributed by atoms with Crippen molar-refractivity contribution in [2.24, 2.45) is 0 Å². The maximum absolute atomic E-state index is 9.40. The Morgan fingerprint density at radius 2 is 1.83 bits per heavy atom. The third-order valence-electron chi connectivity index (χ3n) is 3.11. The standard InChI is InChI=1S/C16H14N4O3/c1-22-16-13(9-18)14(12(8-17)15(19)20-16)10-2-4-11(5-3-10)23-7-6-21/h2-5,21H,6-7H2,1H3,(H2,19,20). The van der Waals surface area contributed by atoms with E-state index in [4.69, 9.17) is 20.3 Å². The second-order valence-corrected chi connectivity index (χ2v) is 4.45. The third kappa shape index (κ3) is 3.15. The molecule has 0 radical (unpaired) electrons. The molecular formula is C16H14N4O3. The lowest BCUT2D eigenvalue weighted by atomic mass is 9.96. The van der Waals surface area contributed by atoms with Crippen molar-refractivity contribution < 1.29 is 14.6 Å². The van der Waals surface area contributed by atoms with E-state index < -0.39 is 0 Å². The van der Waals surface area contributed by atoms with Crippen molar-refractivity contribution in [3.05, 3.63) is 35.4 Å². The first-order valence-electron chi connectivity index (χ1n) is 6.68. The molecule has 0 aliphatic rings. The van der Waals surface area contributed by atoms with Crippen LogP contribution in [0, 0.1) is 22.7 Å². The number of rotatable bonds is 5. The molecule has 0 bridgehead atoms. The van der Waals surface area contributed by atoms with Crippen LogP contribution in [0.25, 0.3) is 11.1 Å². The number of aliphatic hydroxyl groups excluding tert-OH is 1. The molecule has 0 aliphatic heterocycles. The molecule has 2 aromatic rings. The number of hydrogen-bond donors (Lipinski definition) is 2. The molecule has 0 aliphatic carbocycles. The van der Waals surface area contributed by atoms with Crippen LogP contribution in [0.1, 0.15) is 11.1 Å². The van der Waals surface area contributed by atoms with E-state index in [2.05, 4.69) is 4.98 Å². The highest BCUT2D eigenvalue weighted by atomic mass is 16.5. The highest BCUT2D eigenvalue weighted by molar-refractivity contribution is 5.82. The van der Waals surface area contributed by atoms with Crippen molar-refractivity contribution in [2.75, 3.05) is 26.1 Å². The quantitative estimate of drug-likeness (QED) is 0.856. The Balaban J connectivity index is 2.60. The van der Waals surface area contributed by atoms with Gasteiger partial charge in [-0.3, -0.25) is 0 Å². The first kappa shape index (κ1) is 16.1. The molecule has 1 aromatic heterocycles. The van der Waals surface area contributed by atoms with Gasteiger partial charge >= 0.3 is 0 Å². The van der Waals surface area contributed by atoms with Crippen LogP contribution in [-0.2, 0) is 0 Å². The van der Waals surface area contributed by atoms with Gasteiger partial charge in [-0.2, -0.15) is 15.5 Å². The van der Waals surface area contributed by atoms with Crippen molar-refractivity contribution >= 4 is 5.82 Å². The predicted molar refractivity (Wildman–Crippen MR) is 82.6 cm³/mol. The maximum Gasteiger partial charge on any atom is 0.234 e. The molecule has 0 spiro atoms. The van der Waals surface area contributed by atoms with Crippen molar-refractivity contribution in [1.82, 2.24) is 4.98 Å². The van der Waals surface area contributed by atoms with Crippen LogP contribution in [0.5, 0.6) is 11.6 Å².